The minimum atomic E-state index is 0.342. The van der Waals surface area contributed by atoms with E-state index in [1.807, 2.05) is 0 Å². The molecule has 0 spiro atoms. The van der Waals surface area contributed by atoms with Crippen LogP contribution in [0.15, 0.2) is 0 Å². The summed E-state index contributed by atoms with van der Waals surface area (Å²) in [4.78, 5) is 5.40. The molecule has 1 aliphatic carbocycles. The second-order valence-electron chi connectivity index (χ2n) is 7.24. The first-order valence-corrected chi connectivity index (χ1v) is 8.16. The summed E-state index contributed by atoms with van der Waals surface area (Å²) in [5.41, 5.74) is 0.342. The van der Waals surface area contributed by atoms with Crippen LogP contribution in [-0.4, -0.2) is 61.2 Å². The maximum Gasteiger partial charge on any atom is 0.0355 e. The van der Waals surface area contributed by atoms with E-state index in [1.54, 1.807) is 0 Å². The lowest BCUT2D eigenvalue weighted by Crippen LogP contribution is -2.58. The van der Waals surface area contributed by atoms with Gasteiger partial charge in [-0.3, -0.25) is 4.90 Å². The van der Waals surface area contributed by atoms with Crippen molar-refractivity contribution in [1.82, 2.24) is 15.1 Å². The van der Waals surface area contributed by atoms with Gasteiger partial charge in [-0.15, -0.1) is 0 Å². The summed E-state index contributed by atoms with van der Waals surface area (Å²) < 4.78 is 0. The van der Waals surface area contributed by atoms with E-state index in [1.165, 1.54) is 51.6 Å². The van der Waals surface area contributed by atoms with Crippen molar-refractivity contribution in [3.63, 3.8) is 0 Å². The van der Waals surface area contributed by atoms with Crippen LogP contribution in [0, 0.1) is 0 Å². The minimum Gasteiger partial charge on any atom is -0.318 e. The molecule has 1 N–H and O–H groups in total. The molecular formula is C16H33N3. The van der Waals surface area contributed by atoms with Crippen molar-refractivity contribution < 1.29 is 0 Å². The standard InChI is InChI=1S/C16H33N3/c1-16(2)10-11-18(4)13-15(12-17-3)19(16)14-8-6-5-7-9-14/h14-15,17H,5-13H2,1-4H3. The minimum absolute atomic E-state index is 0.342. The molecule has 0 aromatic rings. The van der Waals surface area contributed by atoms with E-state index in [4.69, 9.17) is 0 Å². The van der Waals surface area contributed by atoms with Crippen LogP contribution in [0.4, 0.5) is 0 Å². The third kappa shape index (κ3) is 3.71. The third-order valence-corrected chi connectivity index (χ3v) is 5.13. The van der Waals surface area contributed by atoms with Crippen LogP contribution < -0.4 is 5.32 Å². The lowest BCUT2D eigenvalue weighted by atomic mass is 9.87. The van der Waals surface area contributed by atoms with Gasteiger partial charge in [0.1, 0.15) is 0 Å². The number of nitrogens with one attached hydrogen (secondary N) is 1. The predicted molar refractivity (Wildman–Crippen MR) is 82.6 cm³/mol. The lowest BCUT2D eigenvalue weighted by molar-refractivity contribution is 0.0129. The van der Waals surface area contributed by atoms with Gasteiger partial charge < -0.3 is 10.2 Å². The molecule has 0 bridgehead atoms. The molecule has 1 unspecified atom stereocenters. The molecule has 0 radical (unpaired) electrons. The number of nitrogens with zero attached hydrogens (tertiary/aromatic N) is 2. The summed E-state index contributed by atoms with van der Waals surface area (Å²) in [5.74, 6) is 0. The Balaban J connectivity index is 2.18. The Morgan fingerprint density at radius 2 is 1.84 bits per heavy atom. The average molecular weight is 267 g/mol. The molecule has 0 aromatic heterocycles. The quantitative estimate of drug-likeness (QED) is 0.846. The molecule has 1 heterocycles. The predicted octanol–water partition coefficient (Wildman–Crippen LogP) is 2.32. The normalized spacial score (nSPS) is 31.3. The van der Waals surface area contributed by atoms with E-state index in [2.05, 4.69) is 43.1 Å². The zero-order chi connectivity index (χ0) is 13.9. The highest BCUT2D eigenvalue weighted by Gasteiger charge is 2.40. The van der Waals surface area contributed by atoms with Crippen molar-refractivity contribution in [2.75, 3.05) is 33.7 Å². The molecule has 1 aliphatic heterocycles. The first-order chi connectivity index (χ1) is 9.04. The summed E-state index contributed by atoms with van der Waals surface area (Å²) in [7, 11) is 4.38. The zero-order valence-electron chi connectivity index (χ0n) is 13.4. The monoisotopic (exact) mass is 267 g/mol. The smallest absolute Gasteiger partial charge is 0.0355 e. The van der Waals surface area contributed by atoms with Gasteiger partial charge in [-0.2, -0.15) is 0 Å². The van der Waals surface area contributed by atoms with Gasteiger partial charge in [0.25, 0.3) is 0 Å². The summed E-state index contributed by atoms with van der Waals surface area (Å²) in [5, 5.41) is 3.42. The number of hydrogen-bond acceptors (Lipinski definition) is 3. The molecule has 112 valence electrons. The SMILES string of the molecule is CNCC1CN(C)CCC(C)(C)N1C1CCCCC1. The Bertz CT molecular complexity index is 271. The van der Waals surface area contributed by atoms with E-state index < -0.39 is 0 Å². The highest BCUT2D eigenvalue weighted by atomic mass is 15.3. The van der Waals surface area contributed by atoms with Crippen LogP contribution in [0.25, 0.3) is 0 Å². The topological polar surface area (TPSA) is 18.5 Å². The van der Waals surface area contributed by atoms with Crippen molar-refractivity contribution in [2.45, 2.75) is 70.0 Å². The van der Waals surface area contributed by atoms with E-state index in [0.717, 1.165) is 12.6 Å². The highest BCUT2D eigenvalue weighted by molar-refractivity contribution is 4.96. The highest BCUT2D eigenvalue weighted by Crippen LogP contribution is 2.33. The van der Waals surface area contributed by atoms with Crippen LogP contribution in [-0.2, 0) is 0 Å². The summed E-state index contributed by atoms with van der Waals surface area (Å²) in [6.07, 6.45) is 8.42. The molecule has 3 nitrogen and oxygen atoms in total. The van der Waals surface area contributed by atoms with Gasteiger partial charge in [-0.1, -0.05) is 19.3 Å². The van der Waals surface area contributed by atoms with Gasteiger partial charge in [-0.05, 0) is 53.8 Å². The molecular weight excluding hydrogens is 234 g/mol. The molecule has 0 amide bonds. The summed E-state index contributed by atoms with van der Waals surface area (Å²) in [6.45, 7) is 8.48. The molecule has 2 fully saturated rings. The van der Waals surface area contributed by atoms with E-state index in [9.17, 15) is 0 Å². The number of rotatable bonds is 3. The van der Waals surface area contributed by atoms with Gasteiger partial charge in [0, 0.05) is 30.7 Å². The zero-order valence-corrected chi connectivity index (χ0v) is 13.4. The van der Waals surface area contributed by atoms with Gasteiger partial charge in [0.2, 0.25) is 0 Å². The number of likely N-dealkylation sites (N-methyl/N-ethyl adjacent to an activating group) is 2. The van der Waals surface area contributed by atoms with Crippen molar-refractivity contribution in [3.8, 4) is 0 Å². The Labute approximate surface area is 119 Å². The second-order valence-corrected chi connectivity index (χ2v) is 7.24. The van der Waals surface area contributed by atoms with Crippen molar-refractivity contribution in [3.05, 3.63) is 0 Å². The molecule has 2 rings (SSSR count). The van der Waals surface area contributed by atoms with Crippen LogP contribution in [0.1, 0.15) is 52.4 Å². The maximum absolute atomic E-state index is 3.42. The molecule has 3 heteroatoms. The fourth-order valence-corrected chi connectivity index (χ4v) is 4.18. The van der Waals surface area contributed by atoms with Crippen LogP contribution >= 0.6 is 0 Å². The summed E-state index contributed by atoms with van der Waals surface area (Å²) in [6, 6.07) is 1.48. The Hall–Kier alpha value is -0.120. The summed E-state index contributed by atoms with van der Waals surface area (Å²) >= 11 is 0. The van der Waals surface area contributed by atoms with E-state index in [-0.39, 0.29) is 0 Å². The van der Waals surface area contributed by atoms with Gasteiger partial charge in [0.15, 0.2) is 0 Å². The molecule has 1 atom stereocenters. The lowest BCUT2D eigenvalue weighted by Gasteiger charge is -2.48. The van der Waals surface area contributed by atoms with E-state index >= 15 is 0 Å². The van der Waals surface area contributed by atoms with Crippen molar-refractivity contribution in [1.29, 1.82) is 0 Å². The molecule has 2 aliphatic rings. The van der Waals surface area contributed by atoms with Crippen LogP contribution in [0.5, 0.6) is 0 Å². The molecule has 0 aromatic carbocycles. The van der Waals surface area contributed by atoms with Gasteiger partial charge in [0.05, 0.1) is 0 Å². The third-order valence-electron chi connectivity index (χ3n) is 5.13. The number of hydrogen-bond donors (Lipinski definition) is 1. The van der Waals surface area contributed by atoms with Gasteiger partial charge in [-0.25, -0.2) is 0 Å². The fourth-order valence-electron chi connectivity index (χ4n) is 4.18. The van der Waals surface area contributed by atoms with Crippen LogP contribution in [0.2, 0.25) is 0 Å². The van der Waals surface area contributed by atoms with Crippen molar-refractivity contribution in [2.24, 2.45) is 0 Å². The first kappa shape index (κ1) is 15.3. The molecule has 19 heavy (non-hydrogen) atoms. The Morgan fingerprint density at radius 1 is 1.16 bits per heavy atom. The average Bonchev–Trinajstić information content (AvgIpc) is 2.48. The van der Waals surface area contributed by atoms with Gasteiger partial charge >= 0.3 is 0 Å². The second kappa shape index (κ2) is 6.55. The van der Waals surface area contributed by atoms with Crippen molar-refractivity contribution >= 4 is 0 Å². The van der Waals surface area contributed by atoms with E-state index in [0.29, 0.717) is 11.6 Å². The molecule has 1 saturated heterocycles. The first-order valence-electron chi connectivity index (χ1n) is 8.16. The fraction of sp³-hybridized carbons (Fsp3) is 1.00. The largest absolute Gasteiger partial charge is 0.318 e. The Morgan fingerprint density at radius 3 is 2.47 bits per heavy atom. The Kier molecular flexibility index (Phi) is 5.27. The van der Waals surface area contributed by atoms with Crippen LogP contribution in [0.3, 0.4) is 0 Å². The maximum atomic E-state index is 3.42. The molecule has 1 saturated carbocycles.